The maximum atomic E-state index is 4.67. The molecule has 0 atom stereocenters. The van der Waals surface area contributed by atoms with Crippen LogP contribution in [-0.2, 0) is 7.05 Å². The minimum atomic E-state index is 0.443. The van der Waals surface area contributed by atoms with E-state index in [1.54, 1.807) is 0 Å². The number of pyridine rings is 2. The highest BCUT2D eigenvalue weighted by molar-refractivity contribution is 5.93. The van der Waals surface area contributed by atoms with Crippen LogP contribution in [-0.4, -0.2) is 4.98 Å². The average Bonchev–Trinajstić information content (AvgIpc) is 2.71. The minimum absolute atomic E-state index is 0.443. The van der Waals surface area contributed by atoms with Crippen LogP contribution in [0.5, 0.6) is 0 Å². The SMILES string of the molecule is Cc1cc(C)c(C)c(-c2ccc3c(-c4ccc(C(C)C)nc4)cccc3[n+]2C)c1. The van der Waals surface area contributed by atoms with E-state index >= 15 is 0 Å². The van der Waals surface area contributed by atoms with Crippen LogP contribution < -0.4 is 4.57 Å². The van der Waals surface area contributed by atoms with Gasteiger partial charge in [0.15, 0.2) is 0 Å². The molecule has 0 unspecified atom stereocenters. The normalized spacial score (nSPS) is 11.4. The van der Waals surface area contributed by atoms with Gasteiger partial charge in [0.25, 0.3) is 0 Å². The van der Waals surface area contributed by atoms with Crippen molar-refractivity contribution in [3.63, 3.8) is 0 Å². The van der Waals surface area contributed by atoms with E-state index in [1.807, 2.05) is 6.20 Å². The smallest absolute Gasteiger partial charge is 0.213 e. The maximum Gasteiger partial charge on any atom is 0.213 e. The molecule has 0 N–H and O–H groups in total. The first-order valence-corrected chi connectivity index (χ1v) is 10.3. The lowest BCUT2D eigenvalue weighted by Gasteiger charge is -2.12. The second-order valence-corrected chi connectivity index (χ2v) is 8.40. The van der Waals surface area contributed by atoms with Gasteiger partial charge in [0.2, 0.25) is 11.2 Å². The van der Waals surface area contributed by atoms with E-state index in [9.17, 15) is 0 Å². The third-order valence-electron chi connectivity index (χ3n) is 5.99. The van der Waals surface area contributed by atoms with Crippen molar-refractivity contribution in [1.29, 1.82) is 0 Å². The molecular weight excluding hydrogens is 352 g/mol. The summed E-state index contributed by atoms with van der Waals surface area (Å²) in [5.41, 5.74) is 11.3. The zero-order chi connectivity index (χ0) is 20.7. The molecule has 0 aliphatic heterocycles. The Hall–Kier alpha value is -3.00. The summed E-state index contributed by atoms with van der Waals surface area (Å²) in [6, 6.07) is 19.9. The van der Waals surface area contributed by atoms with Crippen molar-refractivity contribution in [1.82, 2.24) is 4.98 Å². The van der Waals surface area contributed by atoms with Crippen LogP contribution in [0.1, 0.15) is 42.1 Å². The van der Waals surface area contributed by atoms with Gasteiger partial charge in [-0.15, -0.1) is 0 Å². The van der Waals surface area contributed by atoms with Gasteiger partial charge in [-0.2, -0.15) is 4.57 Å². The highest BCUT2D eigenvalue weighted by Gasteiger charge is 2.19. The second kappa shape index (κ2) is 7.44. The fourth-order valence-corrected chi connectivity index (χ4v) is 4.16. The summed E-state index contributed by atoms with van der Waals surface area (Å²) >= 11 is 0. The molecule has 4 aromatic rings. The summed E-state index contributed by atoms with van der Waals surface area (Å²) in [6.07, 6.45) is 2.01. The molecule has 0 fully saturated rings. The Labute approximate surface area is 173 Å². The number of benzene rings is 2. The van der Waals surface area contributed by atoms with Crippen molar-refractivity contribution in [2.45, 2.75) is 40.5 Å². The molecule has 2 aromatic heterocycles. The lowest BCUT2D eigenvalue weighted by molar-refractivity contribution is -0.633. The summed E-state index contributed by atoms with van der Waals surface area (Å²) in [6.45, 7) is 10.9. The Morgan fingerprint density at radius 3 is 2.34 bits per heavy atom. The van der Waals surface area contributed by atoms with E-state index in [1.165, 1.54) is 44.4 Å². The molecule has 0 aliphatic rings. The second-order valence-electron chi connectivity index (χ2n) is 8.40. The predicted molar refractivity (Wildman–Crippen MR) is 122 cm³/mol. The highest BCUT2D eigenvalue weighted by Crippen LogP contribution is 2.31. The number of fused-ring (bicyclic) bond motifs is 1. The number of aryl methyl sites for hydroxylation is 3. The first-order valence-electron chi connectivity index (χ1n) is 10.3. The predicted octanol–water partition coefficient (Wildman–Crippen LogP) is 6.44. The summed E-state index contributed by atoms with van der Waals surface area (Å²) in [7, 11) is 2.17. The van der Waals surface area contributed by atoms with Crippen LogP contribution in [0.3, 0.4) is 0 Å². The molecule has 0 radical (unpaired) electrons. The lowest BCUT2D eigenvalue weighted by atomic mass is 9.95. The topological polar surface area (TPSA) is 16.8 Å². The van der Waals surface area contributed by atoms with Crippen molar-refractivity contribution in [3.8, 4) is 22.4 Å². The number of hydrogen-bond acceptors (Lipinski definition) is 1. The van der Waals surface area contributed by atoms with Crippen LogP contribution in [0.2, 0.25) is 0 Å². The quantitative estimate of drug-likeness (QED) is 0.373. The van der Waals surface area contributed by atoms with Crippen LogP contribution in [0.15, 0.2) is 60.8 Å². The molecule has 0 aliphatic carbocycles. The Morgan fingerprint density at radius 2 is 1.66 bits per heavy atom. The van der Waals surface area contributed by atoms with Crippen LogP contribution in [0, 0.1) is 20.8 Å². The van der Waals surface area contributed by atoms with Gasteiger partial charge < -0.3 is 0 Å². The van der Waals surface area contributed by atoms with Crippen molar-refractivity contribution in [3.05, 3.63) is 83.2 Å². The lowest BCUT2D eigenvalue weighted by Crippen LogP contribution is -2.32. The maximum absolute atomic E-state index is 4.67. The van der Waals surface area contributed by atoms with Gasteiger partial charge in [-0.1, -0.05) is 43.7 Å². The molecular formula is C27H29N2+. The average molecular weight is 382 g/mol. The van der Waals surface area contributed by atoms with E-state index in [2.05, 4.69) is 106 Å². The largest absolute Gasteiger partial charge is 0.260 e. The summed E-state index contributed by atoms with van der Waals surface area (Å²) in [5.74, 6) is 0.443. The van der Waals surface area contributed by atoms with Crippen molar-refractivity contribution >= 4 is 10.9 Å². The van der Waals surface area contributed by atoms with Gasteiger partial charge in [-0.3, -0.25) is 4.98 Å². The summed E-state index contributed by atoms with van der Waals surface area (Å²) < 4.78 is 2.32. The molecule has 2 aromatic carbocycles. The molecule has 0 amide bonds. The molecule has 0 spiro atoms. The standard InChI is InChI=1S/C27H29N2/c1-17(2)25-12-10-21(16-28-25)22-8-7-9-26-23(22)11-13-27(29(26)6)24-15-18(3)14-19(4)20(24)5/h7-17H,1-6H3/q+1. The molecule has 2 heteroatoms. The van der Waals surface area contributed by atoms with Crippen molar-refractivity contribution < 1.29 is 4.57 Å². The van der Waals surface area contributed by atoms with Crippen LogP contribution in [0.25, 0.3) is 33.3 Å². The Kier molecular flexibility index (Phi) is 4.96. The molecule has 4 rings (SSSR count). The fraction of sp³-hybridized carbons (Fsp3) is 0.259. The molecule has 2 heterocycles. The number of rotatable bonds is 3. The van der Waals surface area contributed by atoms with E-state index in [0.717, 1.165) is 11.3 Å². The van der Waals surface area contributed by atoms with Gasteiger partial charge in [-0.05, 0) is 61.6 Å². The third kappa shape index (κ3) is 3.44. The summed E-state index contributed by atoms with van der Waals surface area (Å²) in [4.78, 5) is 4.67. The first kappa shape index (κ1) is 19.3. The molecule has 2 nitrogen and oxygen atoms in total. The van der Waals surface area contributed by atoms with Crippen LogP contribution in [0.4, 0.5) is 0 Å². The van der Waals surface area contributed by atoms with Gasteiger partial charge >= 0.3 is 0 Å². The Morgan fingerprint density at radius 1 is 0.862 bits per heavy atom. The molecule has 29 heavy (non-hydrogen) atoms. The van der Waals surface area contributed by atoms with Crippen molar-refractivity contribution in [2.75, 3.05) is 0 Å². The van der Waals surface area contributed by atoms with Gasteiger partial charge in [0, 0.05) is 35.2 Å². The van der Waals surface area contributed by atoms with E-state index < -0.39 is 0 Å². The van der Waals surface area contributed by atoms with Gasteiger partial charge in [0.1, 0.15) is 7.05 Å². The molecule has 146 valence electrons. The van der Waals surface area contributed by atoms with Crippen molar-refractivity contribution in [2.24, 2.45) is 7.05 Å². The van der Waals surface area contributed by atoms with Crippen LogP contribution >= 0.6 is 0 Å². The minimum Gasteiger partial charge on any atom is -0.260 e. The number of aromatic nitrogens is 2. The van der Waals surface area contributed by atoms with E-state index in [-0.39, 0.29) is 0 Å². The van der Waals surface area contributed by atoms with E-state index in [4.69, 9.17) is 0 Å². The molecule has 0 saturated heterocycles. The fourth-order valence-electron chi connectivity index (χ4n) is 4.16. The van der Waals surface area contributed by atoms with Gasteiger partial charge in [0.05, 0.1) is 5.39 Å². The van der Waals surface area contributed by atoms with E-state index in [0.29, 0.717) is 5.92 Å². The van der Waals surface area contributed by atoms with Gasteiger partial charge in [-0.25, -0.2) is 0 Å². The molecule has 0 bridgehead atoms. The zero-order valence-corrected chi connectivity index (χ0v) is 18.2. The summed E-state index contributed by atoms with van der Waals surface area (Å²) in [5, 5.41) is 1.25. The Balaban J connectivity index is 1.89. The Bertz CT molecular complexity index is 1200. The third-order valence-corrected chi connectivity index (χ3v) is 5.99. The molecule has 0 saturated carbocycles. The highest BCUT2D eigenvalue weighted by atomic mass is 14.9. The number of hydrogen-bond donors (Lipinski definition) is 0. The number of nitrogens with zero attached hydrogens (tertiary/aromatic N) is 2. The zero-order valence-electron chi connectivity index (χ0n) is 18.2. The first-order chi connectivity index (χ1) is 13.9. The monoisotopic (exact) mass is 381 g/mol.